The van der Waals surface area contributed by atoms with Crippen LogP contribution < -0.4 is 15.4 Å². The third-order valence-corrected chi connectivity index (χ3v) is 3.29. The van der Waals surface area contributed by atoms with Crippen LogP contribution in [0.5, 0.6) is 5.88 Å². The highest BCUT2D eigenvalue weighted by molar-refractivity contribution is 7.80. The number of rotatable bonds is 4. The standard InChI is InChI=1S/C15H15F3N4OS/c1-9(10-6-4-3-5-7-10)19-14(24)22-13-20-11(15(16,17)18)8-12(21-13)23-2/h3-9H,1-2H3,(H2,19,20,21,22,24)/t9-/m1/s1. The van der Waals surface area contributed by atoms with Crippen molar-refractivity contribution in [3.63, 3.8) is 0 Å². The summed E-state index contributed by atoms with van der Waals surface area (Å²) >= 11 is 5.10. The minimum atomic E-state index is -4.61. The smallest absolute Gasteiger partial charge is 0.433 e. The summed E-state index contributed by atoms with van der Waals surface area (Å²) in [7, 11) is 1.22. The molecule has 0 aliphatic carbocycles. The van der Waals surface area contributed by atoms with Crippen LogP contribution in [0.4, 0.5) is 19.1 Å². The molecular weight excluding hydrogens is 341 g/mol. The second-order valence-corrected chi connectivity index (χ2v) is 5.26. The molecule has 0 bridgehead atoms. The molecule has 0 amide bonds. The Kier molecular flexibility index (Phi) is 5.55. The van der Waals surface area contributed by atoms with E-state index in [-0.39, 0.29) is 23.0 Å². The highest BCUT2D eigenvalue weighted by Gasteiger charge is 2.34. The first kappa shape index (κ1) is 17.9. The Morgan fingerprint density at radius 1 is 1.21 bits per heavy atom. The van der Waals surface area contributed by atoms with Gasteiger partial charge in [-0.15, -0.1) is 0 Å². The molecule has 0 aliphatic rings. The van der Waals surface area contributed by atoms with Crippen molar-refractivity contribution in [1.82, 2.24) is 15.3 Å². The monoisotopic (exact) mass is 356 g/mol. The van der Waals surface area contributed by atoms with Crippen molar-refractivity contribution in [2.24, 2.45) is 0 Å². The second-order valence-electron chi connectivity index (χ2n) is 4.85. The zero-order chi connectivity index (χ0) is 17.7. The SMILES string of the molecule is COc1cc(C(F)(F)F)nc(NC(=S)N[C@H](C)c2ccccc2)n1. The number of hydrogen-bond acceptors (Lipinski definition) is 4. The van der Waals surface area contributed by atoms with Crippen LogP contribution in [0.25, 0.3) is 0 Å². The van der Waals surface area contributed by atoms with Crippen LogP contribution in [0.2, 0.25) is 0 Å². The largest absolute Gasteiger partial charge is 0.481 e. The molecule has 0 saturated heterocycles. The van der Waals surface area contributed by atoms with Gasteiger partial charge >= 0.3 is 6.18 Å². The van der Waals surface area contributed by atoms with Gasteiger partial charge in [0.1, 0.15) is 0 Å². The summed E-state index contributed by atoms with van der Waals surface area (Å²) in [6, 6.07) is 10.0. The quantitative estimate of drug-likeness (QED) is 0.817. The van der Waals surface area contributed by atoms with E-state index in [0.717, 1.165) is 5.56 Å². The zero-order valence-corrected chi connectivity index (χ0v) is 13.7. The first-order chi connectivity index (χ1) is 11.3. The van der Waals surface area contributed by atoms with E-state index in [0.29, 0.717) is 6.07 Å². The predicted molar refractivity (Wildman–Crippen MR) is 87.8 cm³/mol. The summed E-state index contributed by atoms with van der Waals surface area (Å²) in [6.07, 6.45) is -4.61. The average Bonchev–Trinajstić information content (AvgIpc) is 2.54. The highest BCUT2D eigenvalue weighted by atomic mass is 32.1. The Bertz CT molecular complexity index is 710. The lowest BCUT2D eigenvalue weighted by Gasteiger charge is -2.17. The van der Waals surface area contributed by atoms with Crippen LogP contribution >= 0.6 is 12.2 Å². The molecular formula is C15H15F3N4OS. The summed E-state index contributed by atoms with van der Waals surface area (Å²) in [5, 5.41) is 5.61. The Morgan fingerprint density at radius 2 is 1.88 bits per heavy atom. The van der Waals surface area contributed by atoms with Crippen LogP contribution in [0, 0.1) is 0 Å². The van der Waals surface area contributed by atoms with Gasteiger partial charge in [-0.25, -0.2) is 4.98 Å². The molecule has 1 aromatic carbocycles. The van der Waals surface area contributed by atoms with Gasteiger partial charge in [-0.1, -0.05) is 30.3 Å². The van der Waals surface area contributed by atoms with Crippen LogP contribution in [0.15, 0.2) is 36.4 Å². The normalized spacial score (nSPS) is 12.4. The minimum absolute atomic E-state index is 0.104. The first-order valence-electron chi connectivity index (χ1n) is 6.92. The number of benzene rings is 1. The van der Waals surface area contributed by atoms with Crippen molar-refractivity contribution in [3.05, 3.63) is 47.7 Å². The van der Waals surface area contributed by atoms with Crippen molar-refractivity contribution < 1.29 is 17.9 Å². The summed E-state index contributed by atoms with van der Waals surface area (Å²) in [4.78, 5) is 7.23. The lowest BCUT2D eigenvalue weighted by molar-refractivity contribution is -0.141. The molecule has 24 heavy (non-hydrogen) atoms. The lowest BCUT2D eigenvalue weighted by atomic mass is 10.1. The molecule has 0 radical (unpaired) electrons. The number of methoxy groups -OCH3 is 1. The van der Waals surface area contributed by atoms with E-state index in [4.69, 9.17) is 17.0 Å². The summed E-state index contributed by atoms with van der Waals surface area (Å²) in [5.41, 5.74) is -0.139. The fraction of sp³-hybridized carbons (Fsp3) is 0.267. The van der Waals surface area contributed by atoms with E-state index < -0.39 is 11.9 Å². The van der Waals surface area contributed by atoms with E-state index in [1.807, 2.05) is 37.3 Å². The average molecular weight is 356 g/mol. The number of aromatic nitrogens is 2. The molecule has 1 aromatic heterocycles. The maximum Gasteiger partial charge on any atom is 0.433 e. The lowest BCUT2D eigenvalue weighted by Crippen LogP contribution is -2.31. The molecule has 1 heterocycles. The van der Waals surface area contributed by atoms with Crippen molar-refractivity contribution in [1.29, 1.82) is 0 Å². The van der Waals surface area contributed by atoms with E-state index in [9.17, 15) is 13.2 Å². The van der Waals surface area contributed by atoms with E-state index >= 15 is 0 Å². The van der Waals surface area contributed by atoms with Gasteiger partial charge in [0.05, 0.1) is 13.2 Å². The van der Waals surface area contributed by atoms with Gasteiger partial charge in [0.2, 0.25) is 11.8 Å². The maximum absolute atomic E-state index is 12.8. The van der Waals surface area contributed by atoms with Gasteiger partial charge in [0.15, 0.2) is 10.8 Å². The zero-order valence-electron chi connectivity index (χ0n) is 12.9. The fourth-order valence-electron chi connectivity index (χ4n) is 1.89. The van der Waals surface area contributed by atoms with Crippen LogP contribution in [0.3, 0.4) is 0 Å². The minimum Gasteiger partial charge on any atom is -0.481 e. The Morgan fingerprint density at radius 3 is 2.46 bits per heavy atom. The fourth-order valence-corrected chi connectivity index (χ4v) is 2.16. The van der Waals surface area contributed by atoms with Gasteiger partial charge in [0, 0.05) is 6.07 Å². The molecule has 1 atom stereocenters. The summed E-state index contributed by atoms with van der Waals surface area (Å²) < 4.78 is 43.3. The van der Waals surface area contributed by atoms with Crippen molar-refractivity contribution >= 4 is 23.3 Å². The van der Waals surface area contributed by atoms with Crippen molar-refractivity contribution in [2.75, 3.05) is 12.4 Å². The summed E-state index contributed by atoms with van der Waals surface area (Å²) in [5.74, 6) is -0.502. The Balaban J connectivity index is 2.11. The third kappa shape index (κ3) is 4.79. The molecule has 0 unspecified atom stereocenters. The molecule has 9 heteroatoms. The number of ether oxygens (including phenoxy) is 1. The van der Waals surface area contributed by atoms with E-state index in [2.05, 4.69) is 20.6 Å². The number of thiocarbonyl (C=S) groups is 1. The highest BCUT2D eigenvalue weighted by Crippen LogP contribution is 2.30. The van der Waals surface area contributed by atoms with Crippen LogP contribution in [-0.4, -0.2) is 22.2 Å². The second kappa shape index (κ2) is 7.43. The summed E-state index contributed by atoms with van der Waals surface area (Å²) in [6.45, 7) is 1.87. The first-order valence-corrected chi connectivity index (χ1v) is 7.33. The number of halogens is 3. The Labute approximate surface area is 142 Å². The van der Waals surface area contributed by atoms with Crippen molar-refractivity contribution in [2.45, 2.75) is 19.1 Å². The van der Waals surface area contributed by atoms with Crippen LogP contribution in [0.1, 0.15) is 24.2 Å². The molecule has 0 aliphatic heterocycles. The number of alkyl halides is 3. The molecule has 2 rings (SSSR count). The number of nitrogens with zero attached hydrogens (tertiary/aromatic N) is 2. The maximum atomic E-state index is 12.8. The van der Waals surface area contributed by atoms with Gasteiger partial charge in [0.25, 0.3) is 0 Å². The van der Waals surface area contributed by atoms with E-state index in [1.165, 1.54) is 7.11 Å². The van der Waals surface area contributed by atoms with Gasteiger partial charge in [-0.05, 0) is 24.7 Å². The molecule has 0 fully saturated rings. The van der Waals surface area contributed by atoms with Gasteiger partial charge < -0.3 is 15.4 Å². The van der Waals surface area contributed by atoms with Gasteiger partial charge in [-0.2, -0.15) is 18.2 Å². The van der Waals surface area contributed by atoms with E-state index in [1.54, 1.807) is 0 Å². The molecule has 2 aromatic rings. The molecule has 128 valence electrons. The molecule has 5 nitrogen and oxygen atoms in total. The molecule has 0 spiro atoms. The third-order valence-electron chi connectivity index (χ3n) is 3.07. The van der Waals surface area contributed by atoms with Crippen molar-refractivity contribution in [3.8, 4) is 5.88 Å². The topological polar surface area (TPSA) is 59.1 Å². The number of nitrogens with one attached hydrogen (secondary N) is 2. The number of hydrogen-bond donors (Lipinski definition) is 2. The molecule has 0 saturated carbocycles. The molecule has 2 N–H and O–H groups in total. The number of anilines is 1. The van der Waals surface area contributed by atoms with Crippen LogP contribution in [-0.2, 0) is 6.18 Å². The van der Waals surface area contributed by atoms with Gasteiger partial charge in [-0.3, -0.25) is 0 Å². The Hall–Kier alpha value is -2.42. The predicted octanol–water partition coefficient (Wildman–Crippen LogP) is 3.55.